The maximum Gasteiger partial charge on any atom is 1.00 e. The largest absolute Gasteiger partial charge is 1.00 e. The van der Waals surface area contributed by atoms with Gasteiger partial charge in [-0.1, -0.05) is 0 Å². The van der Waals surface area contributed by atoms with Crippen molar-refractivity contribution in [2.75, 3.05) is 0 Å². The third-order valence-electron chi connectivity index (χ3n) is 0. The Labute approximate surface area is 606 Å². The van der Waals surface area contributed by atoms with Gasteiger partial charge < -0.3 is 17.1 Å². The van der Waals surface area contributed by atoms with Crippen LogP contribution in [0.25, 0.3) is 0 Å². The van der Waals surface area contributed by atoms with Crippen LogP contribution in [0.1, 0.15) is 17.1 Å². The normalized spacial score (nSPS) is 0. The molecule has 0 atom stereocenters. The first-order chi connectivity index (χ1) is 0. The van der Waals surface area contributed by atoms with Gasteiger partial charge in [0.2, 0.25) is 0 Å². The zero-order valence-electron chi connectivity index (χ0n) is 24.0. The van der Waals surface area contributed by atoms with E-state index in [9.17, 15) is 0 Å². The molecule has 0 N–H and O–H groups in total. The molecular formula is H12K12. The second-order valence-electron chi connectivity index (χ2n) is 0. The molecule has 0 rings (SSSR count). The van der Waals surface area contributed by atoms with Gasteiger partial charge >= 0.3 is 617 Å². The molecular weight excluding hydrogens is 469 g/mol. The summed E-state index contributed by atoms with van der Waals surface area (Å²) < 4.78 is 0. The molecule has 0 spiro atoms. The van der Waals surface area contributed by atoms with Crippen molar-refractivity contribution in [1.29, 1.82) is 0 Å². The molecule has 12 heteroatoms. The topological polar surface area (TPSA) is 0 Å². The molecule has 0 bridgehead atoms. The fourth-order valence-corrected chi connectivity index (χ4v) is 0. The van der Waals surface area contributed by atoms with Crippen molar-refractivity contribution in [2.24, 2.45) is 0 Å². The average molecular weight is 481 g/mol. The summed E-state index contributed by atoms with van der Waals surface area (Å²) in [6, 6.07) is 0. The molecule has 0 saturated carbocycles. The van der Waals surface area contributed by atoms with E-state index in [0.29, 0.717) is 0 Å². The van der Waals surface area contributed by atoms with Gasteiger partial charge in [-0.05, 0) is 0 Å². The zero-order valence-corrected chi connectivity index (χ0v) is 49.5. The van der Waals surface area contributed by atoms with Crippen LogP contribution in [0.5, 0.6) is 0 Å². The van der Waals surface area contributed by atoms with E-state index in [1.165, 1.54) is 0 Å². The Balaban J connectivity index is 0. The van der Waals surface area contributed by atoms with Crippen molar-refractivity contribution in [2.45, 2.75) is 0 Å². The molecule has 0 saturated heterocycles. The first-order valence-corrected chi connectivity index (χ1v) is 0. The number of rotatable bonds is 0. The number of hydrogen-bond donors (Lipinski definition) is 0. The summed E-state index contributed by atoms with van der Waals surface area (Å²) in [6.45, 7) is 0. The Bertz CT molecular complexity index is 24.0. The first kappa shape index (κ1) is 77.0. The average Bonchev–Trinajstić information content (AvgIpc) is 0. The summed E-state index contributed by atoms with van der Waals surface area (Å²) in [5, 5.41) is 0. The fourth-order valence-electron chi connectivity index (χ4n) is 0. The predicted octanol–water partition coefficient (Wildman–Crippen LogP) is -34.6. The van der Waals surface area contributed by atoms with Gasteiger partial charge in [0.1, 0.15) is 0 Å². The van der Waals surface area contributed by atoms with E-state index in [-0.39, 0.29) is 634 Å². The molecule has 0 aliphatic carbocycles. The minimum atomic E-state index is 0. The quantitative estimate of drug-likeness (QED) is 0.302. The Morgan fingerprint density at radius 3 is 0.167 bits per heavy atom. The van der Waals surface area contributed by atoms with Crippen LogP contribution in [0.15, 0.2) is 0 Å². The summed E-state index contributed by atoms with van der Waals surface area (Å²) in [7, 11) is 0. The van der Waals surface area contributed by atoms with Crippen LogP contribution < -0.4 is 617 Å². The Kier molecular flexibility index (Phi) is 448. The van der Waals surface area contributed by atoms with E-state index in [4.69, 9.17) is 0 Å². The van der Waals surface area contributed by atoms with Gasteiger partial charge in [0.25, 0.3) is 0 Å². The van der Waals surface area contributed by atoms with Crippen LogP contribution in [0.2, 0.25) is 0 Å². The third kappa shape index (κ3) is 63.0. The van der Waals surface area contributed by atoms with Crippen molar-refractivity contribution >= 4 is 0 Å². The van der Waals surface area contributed by atoms with E-state index in [1.807, 2.05) is 0 Å². The summed E-state index contributed by atoms with van der Waals surface area (Å²) in [6.07, 6.45) is 0. The number of hydrogen-bond acceptors (Lipinski definition) is 0. The zero-order chi connectivity index (χ0) is 0. The van der Waals surface area contributed by atoms with Crippen molar-refractivity contribution < 1.29 is 634 Å². The van der Waals surface area contributed by atoms with Crippen LogP contribution in [-0.4, -0.2) is 0 Å². The van der Waals surface area contributed by atoms with E-state index in [1.54, 1.807) is 0 Å². The Morgan fingerprint density at radius 2 is 0.167 bits per heavy atom. The second-order valence-corrected chi connectivity index (χ2v) is 0. The maximum atomic E-state index is 0. The smallest absolute Gasteiger partial charge is 1.00 e. The van der Waals surface area contributed by atoms with Gasteiger partial charge in [-0.15, -0.1) is 0 Å². The fraction of sp³-hybridized carbons (Fsp3) is 0. The molecule has 0 aromatic heterocycles. The van der Waals surface area contributed by atoms with E-state index >= 15 is 0 Å². The van der Waals surface area contributed by atoms with Crippen LogP contribution >= 0.6 is 0 Å². The minimum Gasteiger partial charge on any atom is -1.00 e. The van der Waals surface area contributed by atoms with Crippen molar-refractivity contribution in [1.82, 2.24) is 0 Å². The van der Waals surface area contributed by atoms with E-state index in [0.717, 1.165) is 0 Å². The van der Waals surface area contributed by atoms with Gasteiger partial charge in [0.05, 0.1) is 0 Å². The molecule has 0 aliphatic heterocycles. The van der Waals surface area contributed by atoms with Crippen molar-refractivity contribution in [3.8, 4) is 0 Å². The van der Waals surface area contributed by atoms with Gasteiger partial charge in [-0.2, -0.15) is 0 Å². The van der Waals surface area contributed by atoms with Crippen molar-refractivity contribution in [3.63, 3.8) is 0 Å². The van der Waals surface area contributed by atoms with Crippen LogP contribution in [0, 0.1) is 0 Å². The van der Waals surface area contributed by atoms with Crippen molar-refractivity contribution in [3.05, 3.63) is 0 Å². The molecule has 24 valence electrons. The SMILES string of the molecule is [H-].[H-].[H-].[H-].[H-].[H-].[H-].[H-].[H-].[H-].[H-].[H-].[K+].[K+].[K+].[K+].[K+].[K+].[K+].[K+].[K+].[K+].[K+].[K+]. The summed E-state index contributed by atoms with van der Waals surface area (Å²) in [5.41, 5.74) is 0. The molecule has 0 nitrogen and oxygen atoms in total. The third-order valence-corrected chi connectivity index (χ3v) is 0. The van der Waals surface area contributed by atoms with E-state index < -0.39 is 0 Å². The Morgan fingerprint density at radius 1 is 0.167 bits per heavy atom. The molecule has 0 aromatic rings. The van der Waals surface area contributed by atoms with Gasteiger partial charge in [-0.3, -0.25) is 0 Å². The Hall–Kier alpha value is 19.6. The molecule has 0 aromatic carbocycles. The minimum absolute atomic E-state index is 0. The predicted molar refractivity (Wildman–Crippen MR) is 13.3 cm³/mol. The van der Waals surface area contributed by atoms with Crippen LogP contribution in [0.3, 0.4) is 0 Å². The van der Waals surface area contributed by atoms with Gasteiger partial charge in [0, 0.05) is 0 Å². The summed E-state index contributed by atoms with van der Waals surface area (Å²) >= 11 is 0. The standard InChI is InChI=1S/12K.12H/q12*+1;12*-1. The summed E-state index contributed by atoms with van der Waals surface area (Å²) in [5.74, 6) is 0. The van der Waals surface area contributed by atoms with Crippen LogP contribution in [0.4, 0.5) is 0 Å². The van der Waals surface area contributed by atoms with Gasteiger partial charge in [0.15, 0.2) is 0 Å². The molecule has 12 heavy (non-hydrogen) atoms. The monoisotopic (exact) mass is 480 g/mol. The van der Waals surface area contributed by atoms with Crippen LogP contribution in [-0.2, 0) is 0 Å². The summed E-state index contributed by atoms with van der Waals surface area (Å²) in [4.78, 5) is 0. The van der Waals surface area contributed by atoms with E-state index in [2.05, 4.69) is 0 Å². The molecule has 0 unspecified atom stereocenters. The molecule has 0 amide bonds. The molecule has 0 radical (unpaired) electrons. The maximum absolute atomic E-state index is 0. The molecule has 0 aliphatic rings. The second kappa shape index (κ2) is 69.8. The van der Waals surface area contributed by atoms with Gasteiger partial charge in [-0.25, -0.2) is 0 Å². The molecule has 0 heterocycles. The first-order valence-electron chi connectivity index (χ1n) is 0. The molecule has 0 fully saturated rings.